The van der Waals surface area contributed by atoms with Crippen LogP contribution in [0, 0.1) is 0 Å². The second-order valence-electron chi connectivity index (χ2n) is 14.2. The molecular formula is C45H60N4O3. The van der Waals surface area contributed by atoms with Gasteiger partial charge in [0.15, 0.2) is 0 Å². The highest BCUT2D eigenvalue weighted by Crippen LogP contribution is 2.33. The van der Waals surface area contributed by atoms with Crippen molar-refractivity contribution >= 4 is 0 Å². The van der Waals surface area contributed by atoms with Crippen molar-refractivity contribution in [3.8, 4) is 0 Å². The molecule has 52 heavy (non-hydrogen) atoms. The maximum atomic E-state index is 6.55. The van der Waals surface area contributed by atoms with E-state index in [1.54, 1.807) is 0 Å². The van der Waals surface area contributed by atoms with Gasteiger partial charge in [-0.3, -0.25) is 4.90 Å². The first-order valence-corrected chi connectivity index (χ1v) is 19.6. The molecule has 12 aliphatic rings. The second-order valence-corrected chi connectivity index (χ2v) is 14.2. The Hall–Kier alpha value is -3.40. The van der Waals surface area contributed by atoms with E-state index in [4.69, 9.17) is 14.2 Å². The number of nitrogens with zero attached hydrogens (tertiary/aromatic N) is 1. The van der Waals surface area contributed by atoms with E-state index in [-0.39, 0.29) is 0 Å². The van der Waals surface area contributed by atoms with Crippen LogP contribution in [0.25, 0.3) is 0 Å². The molecule has 0 unspecified atom stereocenters. The van der Waals surface area contributed by atoms with Crippen LogP contribution in [-0.4, -0.2) is 44.2 Å². The van der Waals surface area contributed by atoms with Crippen molar-refractivity contribution in [2.24, 2.45) is 0 Å². The highest BCUT2D eigenvalue weighted by atomic mass is 16.5. The van der Waals surface area contributed by atoms with Crippen molar-refractivity contribution in [2.45, 2.75) is 99.3 Å². The average Bonchev–Trinajstić information content (AvgIpc) is 3.17. The Bertz CT molecular complexity index is 1450. The van der Waals surface area contributed by atoms with Crippen LogP contribution in [0.5, 0.6) is 0 Å². The van der Waals surface area contributed by atoms with Crippen LogP contribution < -0.4 is 16.0 Å². The van der Waals surface area contributed by atoms with Crippen molar-refractivity contribution < 1.29 is 14.2 Å². The zero-order chi connectivity index (χ0) is 36.0. The van der Waals surface area contributed by atoms with Gasteiger partial charge in [-0.2, -0.15) is 0 Å². The summed E-state index contributed by atoms with van der Waals surface area (Å²) in [5, 5.41) is 11.1. The van der Waals surface area contributed by atoms with Gasteiger partial charge < -0.3 is 30.2 Å². The van der Waals surface area contributed by atoms with Crippen LogP contribution in [0.15, 0.2) is 72.8 Å². The fraction of sp³-hybridized carbons (Fsp3) is 0.467. The summed E-state index contributed by atoms with van der Waals surface area (Å²) >= 11 is 0. The van der Waals surface area contributed by atoms with E-state index < -0.39 is 0 Å². The van der Waals surface area contributed by atoms with Gasteiger partial charge in [-0.15, -0.1) is 0 Å². The van der Waals surface area contributed by atoms with Gasteiger partial charge in [0.05, 0.1) is 39.6 Å². The molecule has 0 aromatic heterocycles. The molecule has 10 bridgehead atoms. The summed E-state index contributed by atoms with van der Waals surface area (Å²) in [6.07, 6.45) is 2.79. The van der Waals surface area contributed by atoms with Crippen molar-refractivity contribution in [1.29, 1.82) is 0 Å². The molecule has 0 fully saturated rings. The first-order valence-electron chi connectivity index (χ1n) is 19.6. The molecule has 7 nitrogen and oxygen atoms in total. The van der Waals surface area contributed by atoms with E-state index in [0.29, 0.717) is 39.6 Å². The van der Waals surface area contributed by atoms with E-state index >= 15 is 0 Å². The Kier molecular flexibility index (Phi) is 14.9. The molecule has 16 rings (SSSR count). The van der Waals surface area contributed by atoms with E-state index in [2.05, 4.69) is 114 Å². The molecule has 0 saturated carbocycles. The zero-order valence-corrected chi connectivity index (χ0v) is 31.8. The van der Waals surface area contributed by atoms with Crippen LogP contribution >= 0.6 is 0 Å². The quantitative estimate of drug-likeness (QED) is 0.210. The summed E-state index contributed by atoms with van der Waals surface area (Å²) in [6, 6.07) is 26.7. The van der Waals surface area contributed by atoms with E-state index in [0.717, 1.165) is 78.2 Å². The van der Waals surface area contributed by atoms with E-state index in [9.17, 15) is 0 Å². The minimum Gasteiger partial charge on any atom is -0.372 e. The molecule has 0 radical (unpaired) electrons. The Labute approximate surface area is 312 Å². The van der Waals surface area contributed by atoms with Gasteiger partial charge in [0, 0.05) is 58.9 Å². The summed E-state index contributed by atoms with van der Waals surface area (Å²) < 4.78 is 19.7. The van der Waals surface area contributed by atoms with Gasteiger partial charge in [-0.25, -0.2) is 0 Å². The maximum absolute atomic E-state index is 6.55. The molecular weight excluding hydrogens is 645 g/mol. The molecule has 4 aromatic carbocycles. The Morgan fingerprint density at radius 3 is 0.942 bits per heavy atom. The Balaban J connectivity index is 1.36. The molecule has 0 saturated heterocycles. The summed E-state index contributed by atoms with van der Waals surface area (Å²) in [4.78, 5) is 2.55. The number of benzene rings is 4. The minimum atomic E-state index is 0.571. The lowest BCUT2D eigenvalue weighted by Gasteiger charge is -2.26. The summed E-state index contributed by atoms with van der Waals surface area (Å²) in [5.41, 5.74) is 15.5. The lowest BCUT2D eigenvalue weighted by Crippen LogP contribution is -2.40. The lowest BCUT2D eigenvalue weighted by atomic mass is 9.84. The van der Waals surface area contributed by atoms with Gasteiger partial charge in [0.2, 0.25) is 0 Å². The molecule has 0 amide bonds. The van der Waals surface area contributed by atoms with Gasteiger partial charge in [0.25, 0.3) is 0 Å². The van der Waals surface area contributed by atoms with Gasteiger partial charge in [-0.1, -0.05) is 93.6 Å². The number of rotatable bonds is 3. The topological polar surface area (TPSA) is 67.0 Å². The monoisotopic (exact) mass is 704 g/mol. The van der Waals surface area contributed by atoms with Gasteiger partial charge in [-0.05, 0) is 86.0 Å². The second kappa shape index (κ2) is 20.2. The van der Waals surface area contributed by atoms with E-state index in [1.165, 1.54) is 66.8 Å². The normalized spacial score (nSPS) is 17.6. The fourth-order valence-corrected chi connectivity index (χ4v) is 7.71. The van der Waals surface area contributed by atoms with Gasteiger partial charge in [0.1, 0.15) is 0 Å². The van der Waals surface area contributed by atoms with Crippen LogP contribution in [0.3, 0.4) is 0 Å². The minimum absolute atomic E-state index is 0.571. The summed E-state index contributed by atoms with van der Waals surface area (Å²) in [7, 11) is 0. The SMILES string of the molecule is CCc1c2c(CC)c3c(CC)c1COCc1ccc(cc1)CNCCN(CCNCc1ccc(cc1)COC2)CCNCc1ccc(cc1)COC3. The molecule has 7 heteroatoms. The standard InChI is InChI=1S/C45H60N4O3/c1-4-40-43-31-50-28-37-13-7-34(8-14-37)25-46-19-22-49-23-20-47-26-35-9-15-38(16-10-35)29-51-32-44(40)42(6-3)45(41(43)5-2)33-52-30-39-17-11-36(12-18-39)27-48-21-24-49/h7-18,46-48H,4-6,19-33H2,1-3H3. The molecule has 0 aliphatic carbocycles. The number of ether oxygens (including phenoxy) is 3. The van der Waals surface area contributed by atoms with Gasteiger partial charge >= 0.3 is 0 Å². The Morgan fingerprint density at radius 1 is 0.404 bits per heavy atom. The van der Waals surface area contributed by atoms with Crippen molar-refractivity contribution in [3.05, 3.63) is 140 Å². The first kappa shape index (κ1) is 38.3. The molecule has 0 atom stereocenters. The third-order valence-corrected chi connectivity index (χ3v) is 10.7. The van der Waals surface area contributed by atoms with Crippen LogP contribution in [0.2, 0.25) is 0 Å². The highest BCUT2D eigenvalue weighted by Gasteiger charge is 2.22. The number of hydrogen-bond donors (Lipinski definition) is 3. The number of hydrogen-bond acceptors (Lipinski definition) is 7. The van der Waals surface area contributed by atoms with Crippen molar-refractivity contribution in [1.82, 2.24) is 20.9 Å². The molecule has 3 N–H and O–H groups in total. The molecule has 12 heterocycles. The van der Waals surface area contributed by atoms with Crippen LogP contribution in [0.4, 0.5) is 0 Å². The predicted molar refractivity (Wildman–Crippen MR) is 211 cm³/mol. The largest absolute Gasteiger partial charge is 0.372 e. The zero-order valence-electron chi connectivity index (χ0n) is 31.8. The maximum Gasteiger partial charge on any atom is 0.0727 e. The average molecular weight is 705 g/mol. The van der Waals surface area contributed by atoms with Crippen LogP contribution in [0.1, 0.15) is 87.5 Å². The smallest absolute Gasteiger partial charge is 0.0727 e. The number of nitrogens with one attached hydrogen (secondary N) is 3. The molecule has 278 valence electrons. The molecule has 12 aliphatic heterocycles. The fourth-order valence-electron chi connectivity index (χ4n) is 7.71. The Morgan fingerprint density at radius 2 is 0.673 bits per heavy atom. The molecule has 0 spiro atoms. The first-order chi connectivity index (χ1) is 25.6. The summed E-state index contributed by atoms with van der Waals surface area (Å²) in [5.74, 6) is 0. The van der Waals surface area contributed by atoms with Crippen LogP contribution in [-0.2, 0) is 92.7 Å². The highest BCUT2D eigenvalue weighted by molar-refractivity contribution is 5.52. The lowest BCUT2D eigenvalue weighted by molar-refractivity contribution is 0.0969. The van der Waals surface area contributed by atoms with E-state index in [1.807, 2.05) is 0 Å². The third-order valence-electron chi connectivity index (χ3n) is 10.7. The van der Waals surface area contributed by atoms with Crippen molar-refractivity contribution in [3.63, 3.8) is 0 Å². The third kappa shape index (κ3) is 10.6. The van der Waals surface area contributed by atoms with Crippen molar-refractivity contribution in [2.75, 3.05) is 39.3 Å². The summed E-state index contributed by atoms with van der Waals surface area (Å²) in [6.45, 7) is 18.7. The predicted octanol–water partition coefficient (Wildman–Crippen LogP) is 7.12. The molecule has 4 aromatic rings.